The highest BCUT2D eigenvalue weighted by atomic mass is 32.2. The van der Waals surface area contributed by atoms with Crippen molar-refractivity contribution in [3.63, 3.8) is 0 Å². The van der Waals surface area contributed by atoms with Crippen LogP contribution < -0.4 is 5.32 Å². The van der Waals surface area contributed by atoms with Gasteiger partial charge in [-0.15, -0.1) is 6.42 Å². The number of nitrogens with one attached hydrogen (secondary N) is 1. The number of hydrogen-bond acceptors (Lipinski definition) is 5. The van der Waals surface area contributed by atoms with Crippen LogP contribution in [0, 0.1) is 12.3 Å². The summed E-state index contributed by atoms with van der Waals surface area (Å²) < 4.78 is 50.9. The van der Waals surface area contributed by atoms with E-state index in [2.05, 4.69) is 11.2 Å². The fourth-order valence-corrected chi connectivity index (χ4v) is 6.08. The van der Waals surface area contributed by atoms with E-state index in [-0.39, 0.29) is 18.1 Å². The summed E-state index contributed by atoms with van der Waals surface area (Å²) in [6, 6.07) is -0.545. The first-order valence-corrected chi connectivity index (χ1v) is 9.70. The first kappa shape index (κ1) is 15.7. The topological polar surface area (TPSA) is 86.8 Å². The molecule has 2 fully saturated rings. The van der Waals surface area contributed by atoms with Gasteiger partial charge in [0.05, 0.1) is 18.1 Å². The maximum atomic E-state index is 12.6. The maximum absolute atomic E-state index is 12.6. The highest BCUT2D eigenvalue weighted by molar-refractivity contribution is 7.91. The van der Waals surface area contributed by atoms with Gasteiger partial charge in [0, 0.05) is 32.2 Å². The zero-order chi connectivity index (χ0) is 14.8. The molecule has 9 heteroatoms. The first-order chi connectivity index (χ1) is 9.37. The maximum Gasteiger partial charge on any atom is 0.283 e. The lowest BCUT2D eigenvalue weighted by Gasteiger charge is -2.34. The monoisotopic (exact) mass is 321 g/mol. The van der Waals surface area contributed by atoms with Gasteiger partial charge >= 0.3 is 0 Å². The van der Waals surface area contributed by atoms with E-state index >= 15 is 0 Å². The Morgan fingerprint density at radius 2 is 2.00 bits per heavy atom. The Morgan fingerprint density at radius 3 is 2.50 bits per heavy atom. The molecule has 0 saturated carbocycles. The minimum atomic E-state index is -3.70. The van der Waals surface area contributed by atoms with Gasteiger partial charge in [0.1, 0.15) is 0 Å². The van der Waals surface area contributed by atoms with Crippen LogP contribution in [-0.4, -0.2) is 75.7 Å². The number of nitrogens with zero attached hydrogens (tertiary/aromatic N) is 2. The van der Waals surface area contributed by atoms with E-state index in [1.807, 2.05) is 0 Å². The Kier molecular flexibility index (Phi) is 4.71. The Balaban J connectivity index is 2.21. The fourth-order valence-electron chi connectivity index (χ4n) is 2.51. The summed E-state index contributed by atoms with van der Waals surface area (Å²) >= 11 is 0. The summed E-state index contributed by atoms with van der Waals surface area (Å²) in [5, 5.41) is 3.08. The molecule has 0 aromatic heterocycles. The lowest BCUT2D eigenvalue weighted by molar-refractivity contribution is 0.296. The second-order valence-electron chi connectivity index (χ2n) is 4.96. The highest BCUT2D eigenvalue weighted by Crippen LogP contribution is 2.22. The second kappa shape index (κ2) is 5.99. The van der Waals surface area contributed by atoms with Gasteiger partial charge in [0.2, 0.25) is 0 Å². The van der Waals surface area contributed by atoms with Crippen molar-refractivity contribution in [1.29, 1.82) is 0 Å². The standard InChI is InChI=1S/C11H19N3O4S2/c1-2-6-14(11-3-9-19(15,16)10-11)20(17,18)13-7-4-12-5-8-13/h1,11-12H,3-10H2. The number of piperazine rings is 1. The molecule has 0 aromatic carbocycles. The summed E-state index contributed by atoms with van der Waals surface area (Å²) in [6.45, 7) is 1.84. The highest BCUT2D eigenvalue weighted by Gasteiger charge is 2.40. The molecule has 2 aliphatic heterocycles. The van der Waals surface area contributed by atoms with E-state index in [1.165, 1.54) is 8.61 Å². The normalized spacial score (nSPS) is 27.5. The van der Waals surface area contributed by atoms with E-state index in [1.54, 1.807) is 0 Å². The molecule has 1 atom stereocenters. The zero-order valence-electron chi connectivity index (χ0n) is 11.2. The van der Waals surface area contributed by atoms with Crippen molar-refractivity contribution in [2.45, 2.75) is 12.5 Å². The Labute approximate surface area is 120 Å². The first-order valence-electron chi connectivity index (χ1n) is 6.48. The number of terminal acetylenes is 1. The predicted octanol–water partition coefficient (Wildman–Crippen LogP) is -1.74. The van der Waals surface area contributed by atoms with E-state index < -0.39 is 26.1 Å². The van der Waals surface area contributed by atoms with Crippen molar-refractivity contribution in [3.8, 4) is 12.3 Å². The van der Waals surface area contributed by atoms with Gasteiger partial charge in [0.25, 0.3) is 10.2 Å². The van der Waals surface area contributed by atoms with Gasteiger partial charge in [-0.25, -0.2) is 8.42 Å². The van der Waals surface area contributed by atoms with Crippen LogP contribution in [0.1, 0.15) is 6.42 Å². The molecule has 0 amide bonds. The van der Waals surface area contributed by atoms with Gasteiger partial charge in [-0.2, -0.15) is 17.0 Å². The fraction of sp³-hybridized carbons (Fsp3) is 0.818. The van der Waals surface area contributed by atoms with Crippen LogP contribution in [-0.2, 0) is 20.0 Å². The van der Waals surface area contributed by atoms with Crippen molar-refractivity contribution >= 4 is 20.0 Å². The third-order valence-corrected chi connectivity index (χ3v) is 7.35. The predicted molar refractivity (Wildman–Crippen MR) is 76.0 cm³/mol. The van der Waals surface area contributed by atoms with Crippen LogP contribution >= 0.6 is 0 Å². The molecular formula is C11H19N3O4S2. The van der Waals surface area contributed by atoms with Crippen LogP contribution in [0.5, 0.6) is 0 Å². The summed E-state index contributed by atoms with van der Waals surface area (Å²) in [5.41, 5.74) is 0. The second-order valence-corrected chi connectivity index (χ2v) is 9.07. The quantitative estimate of drug-likeness (QED) is 0.621. The molecule has 2 aliphatic rings. The Hall–Kier alpha value is -0.660. The van der Waals surface area contributed by atoms with Gasteiger partial charge in [-0.05, 0) is 6.42 Å². The smallest absolute Gasteiger partial charge is 0.283 e. The molecule has 1 unspecified atom stereocenters. The molecular weight excluding hydrogens is 302 g/mol. The lowest BCUT2D eigenvalue weighted by Crippen LogP contribution is -2.54. The molecule has 0 radical (unpaired) electrons. The number of sulfone groups is 1. The van der Waals surface area contributed by atoms with Crippen LogP contribution in [0.4, 0.5) is 0 Å². The molecule has 20 heavy (non-hydrogen) atoms. The van der Waals surface area contributed by atoms with Crippen molar-refractivity contribution in [2.24, 2.45) is 0 Å². The third kappa shape index (κ3) is 3.32. The molecule has 0 aliphatic carbocycles. The summed E-state index contributed by atoms with van der Waals surface area (Å²) in [6.07, 6.45) is 5.57. The van der Waals surface area contributed by atoms with Crippen LogP contribution in [0.2, 0.25) is 0 Å². The molecule has 2 saturated heterocycles. The van der Waals surface area contributed by atoms with E-state index in [4.69, 9.17) is 6.42 Å². The molecule has 1 N–H and O–H groups in total. The molecule has 2 heterocycles. The zero-order valence-corrected chi connectivity index (χ0v) is 12.8. The van der Waals surface area contributed by atoms with Crippen LogP contribution in [0.15, 0.2) is 0 Å². The summed E-state index contributed by atoms with van der Waals surface area (Å²) in [5.74, 6) is 2.21. The molecule has 7 nitrogen and oxygen atoms in total. The molecule has 2 rings (SSSR count). The van der Waals surface area contributed by atoms with Gasteiger partial charge < -0.3 is 5.32 Å². The minimum absolute atomic E-state index is 0.0236. The molecule has 114 valence electrons. The van der Waals surface area contributed by atoms with Crippen molar-refractivity contribution in [3.05, 3.63) is 0 Å². The van der Waals surface area contributed by atoms with E-state index in [0.29, 0.717) is 32.6 Å². The largest absolute Gasteiger partial charge is 0.314 e. The van der Waals surface area contributed by atoms with Crippen molar-refractivity contribution < 1.29 is 16.8 Å². The van der Waals surface area contributed by atoms with Gasteiger partial charge in [-0.3, -0.25) is 0 Å². The van der Waals surface area contributed by atoms with Crippen molar-refractivity contribution in [2.75, 3.05) is 44.2 Å². The van der Waals surface area contributed by atoms with Crippen LogP contribution in [0.3, 0.4) is 0 Å². The average molecular weight is 321 g/mol. The van der Waals surface area contributed by atoms with Crippen molar-refractivity contribution in [1.82, 2.24) is 13.9 Å². The van der Waals surface area contributed by atoms with E-state index in [9.17, 15) is 16.8 Å². The van der Waals surface area contributed by atoms with E-state index in [0.717, 1.165) is 0 Å². The lowest BCUT2D eigenvalue weighted by atomic mass is 10.3. The van der Waals surface area contributed by atoms with Crippen LogP contribution in [0.25, 0.3) is 0 Å². The number of hydrogen-bond donors (Lipinski definition) is 1. The minimum Gasteiger partial charge on any atom is -0.314 e. The van der Waals surface area contributed by atoms with Gasteiger partial charge in [-0.1, -0.05) is 5.92 Å². The molecule has 0 bridgehead atoms. The van der Waals surface area contributed by atoms with Gasteiger partial charge in [0.15, 0.2) is 9.84 Å². The third-order valence-electron chi connectivity index (χ3n) is 3.56. The molecule has 0 spiro atoms. The summed E-state index contributed by atoms with van der Waals surface area (Å²) in [4.78, 5) is 0. The Morgan fingerprint density at radius 1 is 1.35 bits per heavy atom. The number of rotatable bonds is 4. The SMILES string of the molecule is C#CCN(C1CCS(=O)(=O)C1)S(=O)(=O)N1CCNCC1. The Bertz CT molecular complexity index is 588. The summed E-state index contributed by atoms with van der Waals surface area (Å²) in [7, 11) is -6.86. The molecule has 0 aromatic rings. The average Bonchev–Trinajstić information content (AvgIpc) is 2.77.